The molecular formula is C12H25N3O3. The van der Waals surface area contributed by atoms with Gasteiger partial charge in [-0.15, -0.1) is 0 Å². The maximum atomic E-state index is 11.4. The van der Waals surface area contributed by atoms with Gasteiger partial charge in [-0.1, -0.05) is 0 Å². The lowest BCUT2D eigenvalue weighted by Crippen LogP contribution is -2.42. The highest BCUT2D eigenvalue weighted by Crippen LogP contribution is 1.98. The van der Waals surface area contributed by atoms with Gasteiger partial charge in [0.15, 0.2) is 0 Å². The Labute approximate surface area is 109 Å². The topological polar surface area (TPSA) is 79.5 Å². The molecule has 0 fully saturated rings. The van der Waals surface area contributed by atoms with Crippen molar-refractivity contribution in [2.75, 3.05) is 33.4 Å². The van der Waals surface area contributed by atoms with Gasteiger partial charge in [0, 0.05) is 32.2 Å². The molecular weight excluding hydrogens is 234 g/mol. The van der Waals surface area contributed by atoms with Crippen molar-refractivity contribution in [1.29, 1.82) is 0 Å². The van der Waals surface area contributed by atoms with Gasteiger partial charge < -0.3 is 20.7 Å². The Balaban J connectivity index is 3.53. The molecule has 0 rings (SSSR count). The molecule has 6 nitrogen and oxygen atoms in total. The number of ether oxygens (including phenoxy) is 1. The number of hydrogen-bond donors (Lipinski definition) is 3. The smallest absolute Gasteiger partial charge is 0.233 e. The van der Waals surface area contributed by atoms with E-state index in [1.165, 1.54) is 0 Å². The van der Waals surface area contributed by atoms with Crippen LogP contribution >= 0.6 is 0 Å². The third-order valence-electron chi connectivity index (χ3n) is 1.96. The van der Waals surface area contributed by atoms with E-state index in [4.69, 9.17) is 4.74 Å². The average molecular weight is 259 g/mol. The first kappa shape index (κ1) is 16.9. The molecule has 0 atom stereocenters. The minimum atomic E-state index is -0.233. The van der Waals surface area contributed by atoms with Crippen LogP contribution in [0.5, 0.6) is 0 Å². The van der Waals surface area contributed by atoms with Gasteiger partial charge >= 0.3 is 0 Å². The quantitative estimate of drug-likeness (QED) is 0.520. The van der Waals surface area contributed by atoms with Crippen molar-refractivity contribution < 1.29 is 14.3 Å². The van der Waals surface area contributed by atoms with Crippen molar-refractivity contribution in [3.05, 3.63) is 0 Å². The molecule has 0 radical (unpaired) electrons. The van der Waals surface area contributed by atoms with Gasteiger partial charge in [0.25, 0.3) is 0 Å². The van der Waals surface area contributed by atoms with E-state index in [0.29, 0.717) is 26.1 Å². The molecule has 0 spiro atoms. The van der Waals surface area contributed by atoms with Crippen LogP contribution in [0.1, 0.15) is 27.2 Å². The third kappa shape index (κ3) is 11.3. The van der Waals surface area contributed by atoms with E-state index in [0.717, 1.165) is 0 Å². The Kier molecular flexibility index (Phi) is 8.32. The molecule has 0 aromatic carbocycles. The van der Waals surface area contributed by atoms with E-state index in [9.17, 15) is 9.59 Å². The van der Waals surface area contributed by atoms with Crippen LogP contribution in [0.15, 0.2) is 0 Å². The van der Waals surface area contributed by atoms with Crippen molar-refractivity contribution in [1.82, 2.24) is 16.0 Å². The molecule has 0 aliphatic carbocycles. The molecule has 0 aromatic rings. The molecule has 0 heterocycles. The average Bonchev–Trinajstić information content (AvgIpc) is 2.22. The molecule has 0 saturated carbocycles. The normalized spacial score (nSPS) is 11.1. The lowest BCUT2D eigenvalue weighted by Gasteiger charge is -2.20. The Morgan fingerprint density at radius 3 is 2.33 bits per heavy atom. The summed E-state index contributed by atoms with van der Waals surface area (Å²) in [7, 11) is 1.61. The van der Waals surface area contributed by atoms with Gasteiger partial charge in [-0.05, 0) is 20.8 Å². The standard InChI is InChI=1S/C12H25N3O3/c1-12(2,3)15-10(16)5-6-14-11(17)9-13-7-8-18-4/h13H,5-9H2,1-4H3,(H,14,17)(H,15,16). The van der Waals surface area contributed by atoms with Crippen molar-refractivity contribution in [3.8, 4) is 0 Å². The minimum Gasteiger partial charge on any atom is -0.383 e. The molecule has 18 heavy (non-hydrogen) atoms. The highest BCUT2D eigenvalue weighted by atomic mass is 16.5. The summed E-state index contributed by atoms with van der Waals surface area (Å²) in [6, 6.07) is 0. The van der Waals surface area contributed by atoms with Crippen LogP contribution in [-0.2, 0) is 14.3 Å². The number of amides is 2. The Hall–Kier alpha value is -1.14. The third-order valence-corrected chi connectivity index (χ3v) is 1.96. The van der Waals surface area contributed by atoms with E-state index >= 15 is 0 Å². The van der Waals surface area contributed by atoms with Crippen LogP contribution in [0.25, 0.3) is 0 Å². The van der Waals surface area contributed by atoms with E-state index in [2.05, 4.69) is 16.0 Å². The summed E-state index contributed by atoms with van der Waals surface area (Å²) in [6.07, 6.45) is 0.293. The first-order valence-electron chi connectivity index (χ1n) is 6.12. The Morgan fingerprint density at radius 2 is 1.78 bits per heavy atom. The number of methoxy groups -OCH3 is 1. The van der Waals surface area contributed by atoms with Crippen LogP contribution < -0.4 is 16.0 Å². The maximum absolute atomic E-state index is 11.4. The molecule has 106 valence electrons. The predicted octanol–water partition coefficient (Wildman–Crippen LogP) is -0.357. The van der Waals surface area contributed by atoms with Crippen molar-refractivity contribution >= 4 is 11.8 Å². The second kappa shape index (κ2) is 8.88. The summed E-state index contributed by atoms with van der Waals surface area (Å²) in [5.41, 5.74) is -0.233. The zero-order valence-corrected chi connectivity index (χ0v) is 11.8. The fourth-order valence-corrected chi connectivity index (χ4v) is 1.23. The van der Waals surface area contributed by atoms with Gasteiger partial charge in [0.05, 0.1) is 13.2 Å². The van der Waals surface area contributed by atoms with E-state index < -0.39 is 0 Å². The van der Waals surface area contributed by atoms with Gasteiger partial charge in [-0.25, -0.2) is 0 Å². The van der Waals surface area contributed by atoms with Gasteiger partial charge in [-0.2, -0.15) is 0 Å². The first-order valence-corrected chi connectivity index (χ1v) is 6.12. The molecule has 0 aromatic heterocycles. The van der Waals surface area contributed by atoms with Crippen LogP contribution in [0.4, 0.5) is 0 Å². The molecule has 0 aliphatic heterocycles. The molecule has 0 unspecified atom stereocenters. The molecule has 0 saturated heterocycles. The summed E-state index contributed by atoms with van der Waals surface area (Å²) in [5, 5.41) is 8.43. The molecule has 6 heteroatoms. The van der Waals surface area contributed by atoms with E-state index in [-0.39, 0.29) is 23.9 Å². The van der Waals surface area contributed by atoms with E-state index in [1.807, 2.05) is 20.8 Å². The zero-order chi connectivity index (χ0) is 14.0. The number of carbonyl (C=O) groups is 2. The SMILES string of the molecule is COCCNCC(=O)NCCC(=O)NC(C)(C)C. The summed E-state index contributed by atoms with van der Waals surface area (Å²) < 4.78 is 4.84. The fourth-order valence-electron chi connectivity index (χ4n) is 1.23. The monoisotopic (exact) mass is 259 g/mol. The highest BCUT2D eigenvalue weighted by Gasteiger charge is 2.13. The minimum absolute atomic E-state index is 0.0601. The van der Waals surface area contributed by atoms with Crippen LogP contribution in [0, 0.1) is 0 Å². The van der Waals surface area contributed by atoms with E-state index in [1.54, 1.807) is 7.11 Å². The molecule has 3 N–H and O–H groups in total. The van der Waals surface area contributed by atoms with Crippen LogP contribution in [-0.4, -0.2) is 50.7 Å². The summed E-state index contributed by atoms with van der Waals surface area (Å²) in [6.45, 7) is 7.56. The molecule has 0 aliphatic rings. The van der Waals surface area contributed by atoms with Crippen LogP contribution in [0.3, 0.4) is 0 Å². The first-order chi connectivity index (χ1) is 8.35. The second-order valence-corrected chi connectivity index (χ2v) is 5.07. The highest BCUT2D eigenvalue weighted by molar-refractivity contribution is 5.80. The lowest BCUT2D eigenvalue weighted by atomic mass is 10.1. The largest absolute Gasteiger partial charge is 0.383 e. The number of nitrogens with one attached hydrogen (secondary N) is 3. The summed E-state index contributed by atoms with van der Waals surface area (Å²) in [4.78, 5) is 22.8. The van der Waals surface area contributed by atoms with Crippen molar-refractivity contribution in [2.24, 2.45) is 0 Å². The van der Waals surface area contributed by atoms with Gasteiger partial charge in [0.1, 0.15) is 0 Å². The Bertz CT molecular complexity index is 262. The van der Waals surface area contributed by atoms with Crippen molar-refractivity contribution in [3.63, 3.8) is 0 Å². The maximum Gasteiger partial charge on any atom is 0.233 e. The van der Waals surface area contributed by atoms with Crippen LogP contribution in [0.2, 0.25) is 0 Å². The summed E-state index contributed by atoms with van der Waals surface area (Å²) in [5.74, 6) is -0.176. The summed E-state index contributed by atoms with van der Waals surface area (Å²) >= 11 is 0. The predicted molar refractivity (Wildman–Crippen MR) is 70.3 cm³/mol. The Morgan fingerprint density at radius 1 is 1.11 bits per heavy atom. The van der Waals surface area contributed by atoms with Gasteiger partial charge in [-0.3, -0.25) is 9.59 Å². The number of hydrogen-bond acceptors (Lipinski definition) is 4. The zero-order valence-electron chi connectivity index (χ0n) is 11.8. The number of rotatable bonds is 8. The number of carbonyl (C=O) groups excluding carboxylic acids is 2. The lowest BCUT2D eigenvalue weighted by molar-refractivity contribution is -0.122. The van der Waals surface area contributed by atoms with Gasteiger partial charge in [0.2, 0.25) is 11.8 Å². The molecule has 0 bridgehead atoms. The molecule has 2 amide bonds. The second-order valence-electron chi connectivity index (χ2n) is 5.07. The fraction of sp³-hybridized carbons (Fsp3) is 0.833. The van der Waals surface area contributed by atoms with Crippen molar-refractivity contribution in [2.45, 2.75) is 32.7 Å².